The number of rotatable bonds is 0. The SMILES string of the molecule is FC(F)(F)P(Cl)(Cl)(Cl)Cl. The van der Waals surface area contributed by atoms with Crippen molar-refractivity contribution in [1.82, 2.24) is 0 Å². The molecule has 0 unspecified atom stereocenters. The van der Waals surface area contributed by atoms with Crippen molar-refractivity contribution >= 4 is 49.0 Å². The van der Waals surface area contributed by atoms with Crippen LogP contribution in [0.5, 0.6) is 0 Å². The average Bonchev–Trinajstić information content (AvgIpc) is 1.20. The van der Waals surface area contributed by atoms with Crippen molar-refractivity contribution in [2.45, 2.75) is 5.92 Å². The molecule has 0 aliphatic heterocycles. The van der Waals surface area contributed by atoms with Crippen LogP contribution in [-0.2, 0) is 0 Å². The fourth-order valence-electron chi connectivity index (χ4n) is 0. The Hall–Kier alpha value is 1.38. The van der Waals surface area contributed by atoms with Crippen molar-refractivity contribution in [3.63, 3.8) is 0 Å². The Morgan fingerprint density at radius 2 is 1.00 bits per heavy atom. The summed E-state index contributed by atoms with van der Waals surface area (Å²) in [5, 5.41) is 0. The molecular formula is CCl4F3P. The topological polar surface area (TPSA) is 0 Å². The first-order valence-electron chi connectivity index (χ1n) is 1.47. The molecule has 0 heterocycles. The Morgan fingerprint density at radius 1 is 0.889 bits per heavy atom. The number of hydrogen-bond acceptors (Lipinski definition) is 0. The van der Waals surface area contributed by atoms with Crippen LogP contribution in [0.1, 0.15) is 0 Å². The van der Waals surface area contributed by atoms with Crippen molar-refractivity contribution in [3.8, 4) is 0 Å². The van der Waals surface area contributed by atoms with Crippen LogP contribution in [0.4, 0.5) is 13.2 Å². The predicted octanol–water partition coefficient (Wildman–Crippen LogP) is 4.67. The molecule has 0 rings (SSSR count). The Bertz CT molecular complexity index is 111. The molecule has 0 fully saturated rings. The summed E-state index contributed by atoms with van der Waals surface area (Å²) in [4.78, 5) is 0. The van der Waals surface area contributed by atoms with Gasteiger partial charge >= 0.3 is 68.1 Å². The molecule has 8 heteroatoms. The molecule has 0 N–H and O–H groups in total. The average molecular weight is 242 g/mol. The van der Waals surface area contributed by atoms with Crippen LogP contribution in [0.25, 0.3) is 0 Å². The summed E-state index contributed by atoms with van der Waals surface area (Å²) in [6.07, 6.45) is 0. The van der Waals surface area contributed by atoms with Crippen molar-refractivity contribution in [2.24, 2.45) is 0 Å². The first-order chi connectivity index (χ1) is 3.51. The first-order valence-corrected chi connectivity index (χ1v) is 7.32. The summed E-state index contributed by atoms with van der Waals surface area (Å²) in [6, 6.07) is 0. The molecule has 0 aromatic carbocycles. The molecule has 0 nitrogen and oxygen atoms in total. The zero-order valence-corrected chi connectivity index (χ0v) is 7.51. The van der Waals surface area contributed by atoms with E-state index in [4.69, 9.17) is 0 Å². The van der Waals surface area contributed by atoms with Gasteiger partial charge in [0.25, 0.3) is 0 Å². The third-order valence-electron chi connectivity index (χ3n) is 0.383. The summed E-state index contributed by atoms with van der Waals surface area (Å²) in [5.74, 6) is -4.93. The van der Waals surface area contributed by atoms with Gasteiger partial charge in [-0.25, -0.2) is 0 Å². The predicted molar refractivity (Wildman–Crippen MR) is 36.4 cm³/mol. The Balaban J connectivity index is 4.56. The van der Waals surface area contributed by atoms with E-state index in [9.17, 15) is 13.2 Å². The van der Waals surface area contributed by atoms with Gasteiger partial charge in [-0.3, -0.25) is 0 Å². The third kappa shape index (κ3) is 2.85. The van der Waals surface area contributed by atoms with Crippen LogP contribution in [0, 0.1) is 0 Å². The van der Waals surface area contributed by atoms with E-state index in [0.29, 0.717) is 0 Å². The molecule has 0 saturated heterocycles. The van der Waals surface area contributed by atoms with Gasteiger partial charge in [-0.1, -0.05) is 0 Å². The van der Waals surface area contributed by atoms with Crippen LogP contribution in [0.15, 0.2) is 0 Å². The molecule has 0 aliphatic rings. The van der Waals surface area contributed by atoms with Gasteiger partial charge in [0.15, 0.2) is 0 Å². The van der Waals surface area contributed by atoms with E-state index < -0.39 is 9.93 Å². The summed E-state index contributed by atoms with van der Waals surface area (Å²) in [5.41, 5.74) is 0. The molecule has 0 bridgehead atoms. The zero-order valence-electron chi connectivity index (χ0n) is 3.59. The summed E-state index contributed by atoms with van der Waals surface area (Å²) < 4.78 is 29.0. The monoisotopic (exact) mass is 240 g/mol. The maximum atomic E-state index is 11.5. The van der Waals surface area contributed by atoms with Crippen LogP contribution in [-0.4, -0.2) is 5.92 Å². The quantitative estimate of drug-likeness (QED) is 0.541. The molecule has 0 radical (unpaired) electrons. The van der Waals surface area contributed by atoms with E-state index in [0.717, 1.165) is 0 Å². The molecular weight excluding hydrogens is 242 g/mol. The van der Waals surface area contributed by atoms with Gasteiger partial charge in [0.2, 0.25) is 0 Å². The number of halogens is 7. The van der Waals surface area contributed by atoms with E-state index in [1.165, 1.54) is 0 Å². The van der Waals surface area contributed by atoms with Crippen LogP contribution < -0.4 is 0 Å². The van der Waals surface area contributed by atoms with Crippen molar-refractivity contribution in [3.05, 3.63) is 0 Å². The Kier molecular flexibility index (Phi) is 2.52. The number of alkyl halides is 3. The van der Waals surface area contributed by atoms with Crippen molar-refractivity contribution in [2.75, 3.05) is 0 Å². The molecule has 0 aromatic rings. The molecule has 0 amide bonds. The second-order valence-corrected chi connectivity index (χ2v) is 14.4. The van der Waals surface area contributed by atoms with Gasteiger partial charge < -0.3 is 0 Å². The maximum absolute atomic E-state index is 11.5. The van der Waals surface area contributed by atoms with Gasteiger partial charge in [0, 0.05) is 0 Å². The summed E-state index contributed by atoms with van der Waals surface area (Å²) in [6.45, 7) is 0. The molecule has 0 atom stereocenters. The standard InChI is InChI=1S/CCl4F3P/c2-9(3,4,5)1(6,7)8. The van der Waals surface area contributed by atoms with Gasteiger partial charge in [-0.15, -0.1) is 0 Å². The van der Waals surface area contributed by atoms with E-state index in [-0.39, 0.29) is 0 Å². The third-order valence-corrected chi connectivity index (χ3v) is 3.45. The fraction of sp³-hybridized carbons (Fsp3) is 1.00. The van der Waals surface area contributed by atoms with Gasteiger partial charge in [-0.2, -0.15) is 0 Å². The molecule has 0 spiro atoms. The fourth-order valence-corrected chi connectivity index (χ4v) is 0. The zero-order chi connectivity index (χ0) is 7.95. The molecule has 58 valence electrons. The van der Waals surface area contributed by atoms with Gasteiger partial charge in [-0.05, 0) is 0 Å². The second kappa shape index (κ2) is 2.18. The molecule has 0 aliphatic carbocycles. The van der Waals surface area contributed by atoms with Crippen LogP contribution in [0.2, 0.25) is 0 Å². The summed E-state index contributed by atoms with van der Waals surface area (Å²) >= 11 is 18.3. The van der Waals surface area contributed by atoms with E-state index >= 15 is 0 Å². The van der Waals surface area contributed by atoms with Crippen molar-refractivity contribution < 1.29 is 13.2 Å². The van der Waals surface area contributed by atoms with Gasteiger partial charge in [0.05, 0.1) is 0 Å². The van der Waals surface area contributed by atoms with Crippen LogP contribution >= 0.6 is 49.0 Å². The van der Waals surface area contributed by atoms with Crippen LogP contribution in [0.3, 0.4) is 0 Å². The normalized spacial score (nSPS) is 18.8. The molecule has 0 aromatic heterocycles. The summed E-state index contributed by atoms with van der Waals surface area (Å²) in [7, 11) is 0. The van der Waals surface area contributed by atoms with Crippen molar-refractivity contribution in [1.29, 1.82) is 0 Å². The Labute approximate surface area is 68.3 Å². The molecule has 0 saturated carbocycles. The minimum atomic E-state index is -5.43. The first kappa shape index (κ1) is 10.4. The van der Waals surface area contributed by atoms with E-state index in [1.807, 2.05) is 0 Å². The Morgan fingerprint density at radius 3 is 1.00 bits per heavy atom. The number of hydrogen-bond donors (Lipinski definition) is 0. The van der Waals surface area contributed by atoms with E-state index in [1.54, 1.807) is 0 Å². The molecule has 9 heavy (non-hydrogen) atoms. The van der Waals surface area contributed by atoms with Gasteiger partial charge in [0.1, 0.15) is 0 Å². The van der Waals surface area contributed by atoms with E-state index in [2.05, 4.69) is 45.0 Å². The second-order valence-electron chi connectivity index (χ2n) is 1.19. The minimum absolute atomic E-state index is 4.57.